The molecule has 1 saturated heterocycles. The molecule has 1 N–H and O–H groups in total. The van der Waals surface area contributed by atoms with Crippen LogP contribution in [0.5, 0.6) is 0 Å². The first kappa shape index (κ1) is 19.2. The van der Waals surface area contributed by atoms with Gasteiger partial charge in [0, 0.05) is 24.7 Å². The molecule has 5 nitrogen and oxygen atoms in total. The van der Waals surface area contributed by atoms with Crippen molar-refractivity contribution in [2.75, 3.05) is 19.3 Å². The third-order valence-electron chi connectivity index (χ3n) is 5.46. The number of aromatic nitrogens is 2. The summed E-state index contributed by atoms with van der Waals surface area (Å²) >= 11 is 0. The highest BCUT2D eigenvalue weighted by Gasteiger charge is 2.20. The molecule has 2 aromatic carbocycles. The van der Waals surface area contributed by atoms with Crippen molar-refractivity contribution in [3.05, 3.63) is 65.4 Å². The van der Waals surface area contributed by atoms with Crippen molar-refractivity contribution in [3.8, 4) is 0 Å². The summed E-state index contributed by atoms with van der Waals surface area (Å²) in [7, 11) is -3.00. The molecular weight excluding hydrogens is 370 g/mol. The molecule has 1 aliphatic rings. The molecule has 1 atom stereocenters. The van der Waals surface area contributed by atoms with Gasteiger partial charge < -0.3 is 0 Å². The quantitative estimate of drug-likeness (QED) is 0.691. The van der Waals surface area contributed by atoms with Gasteiger partial charge in [0.25, 0.3) is 0 Å². The molecule has 28 heavy (non-hydrogen) atoms. The van der Waals surface area contributed by atoms with Crippen LogP contribution in [0.3, 0.4) is 0 Å². The molecule has 0 bridgehead atoms. The van der Waals surface area contributed by atoms with Gasteiger partial charge in [-0.2, -0.15) is 5.10 Å². The topological polar surface area (TPSA) is 66.1 Å². The van der Waals surface area contributed by atoms with E-state index < -0.39 is 9.84 Å². The van der Waals surface area contributed by atoms with Gasteiger partial charge in [0.1, 0.15) is 0 Å². The lowest BCUT2D eigenvalue weighted by Gasteiger charge is -2.33. The summed E-state index contributed by atoms with van der Waals surface area (Å²) in [5.74, 6) is 0.761. The van der Waals surface area contributed by atoms with Gasteiger partial charge in [-0.05, 0) is 60.5 Å². The zero-order valence-electron chi connectivity index (χ0n) is 16.3. The zero-order valence-corrected chi connectivity index (χ0v) is 17.1. The lowest BCUT2D eigenvalue weighted by atomic mass is 9.90. The minimum Gasteiger partial charge on any atom is -0.299 e. The van der Waals surface area contributed by atoms with E-state index in [2.05, 4.69) is 39.4 Å². The zero-order chi connectivity index (χ0) is 19.6. The Bertz CT molecular complexity index is 1060. The van der Waals surface area contributed by atoms with Crippen molar-refractivity contribution >= 4 is 20.7 Å². The number of rotatable bonds is 6. The highest BCUT2D eigenvalue weighted by molar-refractivity contribution is 7.89. The van der Waals surface area contributed by atoms with Gasteiger partial charge in [-0.3, -0.25) is 10.00 Å². The number of nitrogens with zero attached hydrogens (tertiary/aromatic N) is 2. The second kappa shape index (κ2) is 8.05. The number of piperidine rings is 1. The molecule has 0 spiro atoms. The van der Waals surface area contributed by atoms with Crippen molar-refractivity contribution in [3.63, 3.8) is 0 Å². The number of benzene rings is 2. The number of sulfone groups is 1. The van der Waals surface area contributed by atoms with Crippen LogP contribution in [0.15, 0.2) is 48.7 Å². The standard InChI is InChI=1S/C22H27N3O2S/c1-28(26,27)16-20-5-2-4-18(11-20)14-25-9-3-6-19(15-25)10-17-7-8-22-21(12-17)13-23-24-22/h2,4-5,7-8,11-13,19H,3,6,9-10,14-16H2,1H3,(H,23,24). The SMILES string of the molecule is CS(=O)(=O)Cc1cccc(CN2CCCC(Cc3ccc4[nH]ncc4c3)C2)c1. The van der Waals surface area contributed by atoms with Crippen molar-refractivity contribution < 1.29 is 8.42 Å². The second-order valence-corrected chi connectivity index (χ2v) is 10.3. The maximum atomic E-state index is 11.6. The number of nitrogens with one attached hydrogen (secondary N) is 1. The van der Waals surface area contributed by atoms with Crippen LogP contribution in [0.4, 0.5) is 0 Å². The van der Waals surface area contributed by atoms with Crippen LogP contribution in [-0.2, 0) is 28.6 Å². The Morgan fingerprint density at radius 2 is 2.00 bits per heavy atom. The average molecular weight is 398 g/mol. The van der Waals surface area contributed by atoms with Crippen LogP contribution in [0, 0.1) is 5.92 Å². The van der Waals surface area contributed by atoms with Crippen molar-refractivity contribution in [2.45, 2.75) is 31.6 Å². The van der Waals surface area contributed by atoms with Crippen LogP contribution in [0.25, 0.3) is 10.9 Å². The lowest BCUT2D eigenvalue weighted by molar-refractivity contribution is 0.167. The first-order chi connectivity index (χ1) is 13.4. The third kappa shape index (κ3) is 5.00. The summed E-state index contributed by atoms with van der Waals surface area (Å²) in [4.78, 5) is 2.50. The minimum atomic E-state index is -3.00. The van der Waals surface area contributed by atoms with Gasteiger partial charge in [0.2, 0.25) is 0 Å². The van der Waals surface area contributed by atoms with E-state index >= 15 is 0 Å². The van der Waals surface area contributed by atoms with Crippen molar-refractivity contribution in [2.24, 2.45) is 5.92 Å². The summed E-state index contributed by atoms with van der Waals surface area (Å²) in [6, 6.07) is 14.6. The fraction of sp³-hybridized carbons (Fsp3) is 0.409. The Morgan fingerprint density at radius 1 is 1.14 bits per heavy atom. The van der Waals surface area contributed by atoms with E-state index in [9.17, 15) is 8.42 Å². The highest BCUT2D eigenvalue weighted by Crippen LogP contribution is 2.24. The summed E-state index contributed by atoms with van der Waals surface area (Å²) in [5.41, 5.74) is 4.53. The fourth-order valence-electron chi connectivity index (χ4n) is 4.29. The minimum absolute atomic E-state index is 0.111. The average Bonchev–Trinajstić information content (AvgIpc) is 3.09. The van der Waals surface area contributed by atoms with Crippen molar-refractivity contribution in [1.82, 2.24) is 15.1 Å². The maximum absolute atomic E-state index is 11.6. The molecule has 3 aromatic rings. The van der Waals surface area contributed by atoms with Crippen LogP contribution in [0.1, 0.15) is 29.5 Å². The van der Waals surface area contributed by atoms with E-state index in [4.69, 9.17) is 0 Å². The molecule has 2 heterocycles. The maximum Gasteiger partial charge on any atom is 0.151 e. The summed E-state index contributed by atoms with van der Waals surface area (Å²) in [6.45, 7) is 3.07. The van der Waals surface area contributed by atoms with Crippen molar-refractivity contribution in [1.29, 1.82) is 0 Å². The van der Waals surface area contributed by atoms with Gasteiger partial charge in [0.15, 0.2) is 9.84 Å². The van der Waals surface area contributed by atoms with Gasteiger partial charge in [-0.1, -0.05) is 30.3 Å². The van der Waals surface area contributed by atoms with E-state index in [-0.39, 0.29) is 5.75 Å². The molecule has 148 valence electrons. The third-order valence-corrected chi connectivity index (χ3v) is 6.32. The molecule has 1 fully saturated rings. The highest BCUT2D eigenvalue weighted by atomic mass is 32.2. The summed E-state index contributed by atoms with van der Waals surface area (Å²) in [6.07, 6.45) is 6.73. The van der Waals surface area contributed by atoms with E-state index in [0.29, 0.717) is 5.92 Å². The molecule has 0 aliphatic carbocycles. The normalized spacial score (nSPS) is 18.5. The second-order valence-electron chi connectivity index (χ2n) is 8.13. The van der Waals surface area contributed by atoms with Gasteiger partial charge in [0.05, 0.1) is 17.5 Å². The molecular formula is C22H27N3O2S. The summed E-state index contributed by atoms with van der Waals surface area (Å²) in [5, 5.41) is 8.29. The predicted molar refractivity (Wildman–Crippen MR) is 113 cm³/mol. The Kier molecular flexibility index (Phi) is 5.51. The number of likely N-dealkylation sites (tertiary alicyclic amines) is 1. The summed E-state index contributed by atoms with van der Waals surface area (Å²) < 4.78 is 23.1. The first-order valence-corrected chi connectivity index (χ1v) is 11.9. The van der Waals surface area contributed by atoms with E-state index in [0.717, 1.165) is 37.1 Å². The van der Waals surface area contributed by atoms with Crippen LogP contribution >= 0.6 is 0 Å². The Balaban J connectivity index is 1.39. The molecule has 6 heteroatoms. The predicted octanol–water partition coefficient (Wildman–Crippen LogP) is 3.56. The van der Waals surface area contributed by atoms with Crippen LogP contribution in [-0.4, -0.2) is 42.9 Å². The molecule has 4 rings (SSSR count). The molecule has 0 saturated carbocycles. The number of hydrogen-bond acceptors (Lipinski definition) is 4. The van der Waals surface area contributed by atoms with E-state index in [1.54, 1.807) is 0 Å². The smallest absolute Gasteiger partial charge is 0.151 e. The molecule has 1 unspecified atom stereocenters. The number of H-pyrrole nitrogens is 1. The largest absolute Gasteiger partial charge is 0.299 e. The van der Waals surface area contributed by atoms with E-state index in [1.165, 1.54) is 35.6 Å². The monoisotopic (exact) mass is 397 g/mol. The Morgan fingerprint density at radius 3 is 2.86 bits per heavy atom. The number of hydrogen-bond donors (Lipinski definition) is 1. The number of fused-ring (bicyclic) bond motifs is 1. The Labute approximate surface area is 166 Å². The van der Waals surface area contributed by atoms with Crippen LogP contribution < -0.4 is 0 Å². The Hall–Kier alpha value is -2.18. The molecule has 1 aliphatic heterocycles. The van der Waals surface area contributed by atoms with Gasteiger partial charge in [-0.25, -0.2) is 8.42 Å². The van der Waals surface area contributed by atoms with Gasteiger partial charge in [-0.15, -0.1) is 0 Å². The number of aromatic amines is 1. The van der Waals surface area contributed by atoms with Crippen LogP contribution in [0.2, 0.25) is 0 Å². The lowest BCUT2D eigenvalue weighted by Crippen LogP contribution is -2.35. The first-order valence-electron chi connectivity index (χ1n) is 9.84. The van der Waals surface area contributed by atoms with E-state index in [1.807, 2.05) is 24.4 Å². The van der Waals surface area contributed by atoms with Gasteiger partial charge >= 0.3 is 0 Å². The molecule has 0 amide bonds. The molecule has 1 aromatic heterocycles. The fourth-order valence-corrected chi connectivity index (χ4v) is 5.08. The molecule has 0 radical (unpaired) electrons.